The highest BCUT2D eigenvalue weighted by atomic mass is 79.9. The minimum absolute atomic E-state index is 0.0516. The van der Waals surface area contributed by atoms with Gasteiger partial charge in [-0.05, 0) is 36.5 Å². The third kappa shape index (κ3) is 3.11. The van der Waals surface area contributed by atoms with Gasteiger partial charge in [0.25, 0.3) is 5.91 Å². The fourth-order valence-corrected chi connectivity index (χ4v) is 3.02. The number of rotatable bonds is 3. The van der Waals surface area contributed by atoms with Crippen molar-refractivity contribution in [2.75, 3.05) is 7.11 Å². The summed E-state index contributed by atoms with van der Waals surface area (Å²) in [6.45, 7) is 4.42. The van der Waals surface area contributed by atoms with Gasteiger partial charge >= 0.3 is 0 Å². The van der Waals surface area contributed by atoms with Gasteiger partial charge in [-0.1, -0.05) is 36.2 Å². The van der Waals surface area contributed by atoms with Gasteiger partial charge in [0.1, 0.15) is 5.75 Å². The van der Waals surface area contributed by atoms with Gasteiger partial charge in [0, 0.05) is 10.5 Å². The highest BCUT2D eigenvalue weighted by molar-refractivity contribution is 9.10. The van der Waals surface area contributed by atoms with E-state index in [2.05, 4.69) is 35.1 Å². The molecule has 1 aromatic carbocycles. The van der Waals surface area contributed by atoms with E-state index in [4.69, 9.17) is 4.74 Å². The van der Waals surface area contributed by atoms with Gasteiger partial charge in [-0.3, -0.25) is 4.79 Å². The highest BCUT2D eigenvalue weighted by Gasteiger charge is 2.35. The number of amides is 1. The second-order valence-electron chi connectivity index (χ2n) is 5.75. The molecule has 0 radical (unpaired) electrons. The largest absolute Gasteiger partial charge is 0.496 e. The molecule has 1 atom stereocenters. The molecular formula is C15H20BrNO2. The Morgan fingerprint density at radius 2 is 2.21 bits per heavy atom. The Hall–Kier alpha value is -1.03. The zero-order chi connectivity index (χ0) is 14.0. The number of hydrogen-bond acceptors (Lipinski definition) is 2. The molecule has 0 aromatic heterocycles. The fourth-order valence-electron chi connectivity index (χ4n) is 2.68. The highest BCUT2D eigenvalue weighted by Crippen LogP contribution is 2.37. The molecule has 104 valence electrons. The molecule has 4 heteroatoms. The molecule has 0 aliphatic heterocycles. The number of carbonyl (C=O) groups is 1. The standard InChI is InChI=1S/C15H20BrNO2/c1-15(2)8-4-5-13(15)17-14(18)11-7-6-10(16)9-12(11)19-3/h6-7,9,13H,4-5,8H2,1-3H3,(H,17,18). The number of methoxy groups -OCH3 is 1. The zero-order valence-corrected chi connectivity index (χ0v) is 13.2. The molecule has 0 spiro atoms. The Kier molecular flexibility index (Phi) is 4.19. The minimum atomic E-state index is -0.0516. The molecule has 1 unspecified atom stereocenters. The van der Waals surface area contributed by atoms with Crippen molar-refractivity contribution >= 4 is 21.8 Å². The molecule has 19 heavy (non-hydrogen) atoms. The SMILES string of the molecule is COc1cc(Br)ccc1C(=O)NC1CCCC1(C)C. The van der Waals surface area contributed by atoms with Gasteiger partial charge in [-0.2, -0.15) is 0 Å². The predicted molar refractivity (Wildman–Crippen MR) is 79.6 cm³/mol. The summed E-state index contributed by atoms with van der Waals surface area (Å²) in [5.74, 6) is 0.548. The van der Waals surface area contributed by atoms with Crippen LogP contribution in [0.3, 0.4) is 0 Å². The van der Waals surface area contributed by atoms with Gasteiger partial charge in [-0.25, -0.2) is 0 Å². The second kappa shape index (κ2) is 5.53. The molecule has 0 saturated heterocycles. The predicted octanol–water partition coefficient (Wildman–Crippen LogP) is 3.77. The maximum Gasteiger partial charge on any atom is 0.255 e. The molecule has 0 bridgehead atoms. The van der Waals surface area contributed by atoms with Crippen molar-refractivity contribution in [3.05, 3.63) is 28.2 Å². The molecule has 1 saturated carbocycles. The number of carbonyl (C=O) groups excluding carboxylic acids is 1. The van der Waals surface area contributed by atoms with E-state index >= 15 is 0 Å². The summed E-state index contributed by atoms with van der Waals surface area (Å²) in [6, 6.07) is 5.71. The minimum Gasteiger partial charge on any atom is -0.496 e. The first-order valence-electron chi connectivity index (χ1n) is 6.58. The molecular weight excluding hydrogens is 306 g/mol. The summed E-state index contributed by atoms with van der Waals surface area (Å²) in [4.78, 5) is 12.4. The van der Waals surface area contributed by atoms with Crippen molar-refractivity contribution in [2.45, 2.75) is 39.2 Å². The molecule has 0 heterocycles. The lowest BCUT2D eigenvalue weighted by molar-refractivity contribution is 0.0907. The molecule has 1 aliphatic carbocycles. The first-order valence-corrected chi connectivity index (χ1v) is 7.38. The van der Waals surface area contributed by atoms with Crippen LogP contribution in [0.1, 0.15) is 43.5 Å². The van der Waals surface area contributed by atoms with Crippen molar-refractivity contribution < 1.29 is 9.53 Å². The monoisotopic (exact) mass is 325 g/mol. The first-order chi connectivity index (χ1) is 8.94. The molecule has 2 rings (SSSR count). The fraction of sp³-hybridized carbons (Fsp3) is 0.533. The summed E-state index contributed by atoms with van der Waals surface area (Å²) in [5.41, 5.74) is 0.770. The first kappa shape index (κ1) is 14.4. The lowest BCUT2D eigenvalue weighted by Gasteiger charge is -2.28. The topological polar surface area (TPSA) is 38.3 Å². The number of nitrogens with one attached hydrogen (secondary N) is 1. The molecule has 1 aromatic rings. The average molecular weight is 326 g/mol. The summed E-state index contributed by atoms with van der Waals surface area (Å²) >= 11 is 3.38. The van der Waals surface area contributed by atoms with Crippen LogP contribution in [-0.2, 0) is 0 Å². The van der Waals surface area contributed by atoms with Gasteiger partial charge in [0.15, 0.2) is 0 Å². The van der Waals surface area contributed by atoms with E-state index in [1.807, 2.05) is 12.1 Å². The molecule has 1 N–H and O–H groups in total. The van der Waals surface area contributed by atoms with Crippen molar-refractivity contribution in [1.82, 2.24) is 5.32 Å². The molecule has 1 aliphatic rings. The normalized spacial score (nSPS) is 21.2. The Labute approximate surface area is 122 Å². The van der Waals surface area contributed by atoms with Crippen LogP contribution in [0.4, 0.5) is 0 Å². The van der Waals surface area contributed by atoms with Crippen LogP contribution in [0.15, 0.2) is 22.7 Å². The van der Waals surface area contributed by atoms with Crippen LogP contribution in [0.5, 0.6) is 5.75 Å². The van der Waals surface area contributed by atoms with E-state index in [1.54, 1.807) is 13.2 Å². The zero-order valence-electron chi connectivity index (χ0n) is 11.6. The van der Waals surface area contributed by atoms with Crippen LogP contribution in [0.2, 0.25) is 0 Å². The van der Waals surface area contributed by atoms with Crippen molar-refractivity contribution in [2.24, 2.45) is 5.41 Å². The van der Waals surface area contributed by atoms with E-state index in [0.29, 0.717) is 11.3 Å². The van der Waals surface area contributed by atoms with E-state index in [-0.39, 0.29) is 17.4 Å². The van der Waals surface area contributed by atoms with E-state index in [1.165, 1.54) is 6.42 Å². The molecule has 1 amide bonds. The Morgan fingerprint density at radius 3 is 2.79 bits per heavy atom. The molecule has 3 nitrogen and oxygen atoms in total. The number of halogens is 1. The Bertz CT molecular complexity index is 485. The van der Waals surface area contributed by atoms with Crippen molar-refractivity contribution in [1.29, 1.82) is 0 Å². The van der Waals surface area contributed by atoms with Gasteiger partial charge in [0.05, 0.1) is 12.7 Å². The van der Waals surface area contributed by atoms with Crippen LogP contribution < -0.4 is 10.1 Å². The maximum atomic E-state index is 12.4. The number of hydrogen-bond donors (Lipinski definition) is 1. The third-order valence-corrected chi connectivity index (χ3v) is 4.46. The Morgan fingerprint density at radius 1 is 1.47 bits per heavy atom. The summed E-state index contributed by atoms with van der Waals surface area (Å²) in [7, 11) is 1.58. The van der Waals surface area contributed by atoms with Gasteiger partial charge in [0.2, 0.25) is 0 Å². The maximum absolute atomic E-state index is 12.4. The summed E-state index contributed by atoms with van der Waals surface area (Å²) < 4.78 is 6.18. The second-order valence-corrected chi connectivity index (χ2v) is 6.67. The van der Waals surface area contributed by atoms with Crippen LogP contribution >= 0.6 is 15.9 Å². The quantitative estimate of drug-likeness (QED) is 0.918. The van der Waals surface area contributed by atoms with E-state index in [9.17, 15) is 4.79 Å². The Balaban J connectivity index is 2.16. The summed E-state index contributed by atoms with van der Waals surface area (Å²) in [6.07, 6.45) is 3.39. The van der Waals surface area contributed by atoms with Crippen molar-refractivity contribution in [3.63, 3.8) is 0 Å². The molecule has 1 fully saturated rings. The van der Waals surface area contributed by atoms with Gasteiger partial charge < -0.3 is 10.1 Å². The van der Waals surface area contributed by atoms with Crippen LogP contribution in [-0.4, -0.2) is 19.1 Å². The van der Waals surface area contributed by atoms with E-state index < -0.39 is 0 Å². The smallest absolute Gasteiger partial charge is 0.255 e. The third-order valence-electron chi connectivity index (χ3n) is 3.97. The van der Waals surface area contributed by atoms with Crippen LogP contribution in [0.25, 0.3) is 0 Å². The summed E-state index contributed by atoms with van der Waals surface area (Å²) in [5, 5.41) is 3.15. The van der Waals surface area contributed by atoms with Gasteiger partial charge in [-0.15, -0.1) is 0 Å². The average Bonchev–Trinajstić information content (AvgIpc) is 2.68. The lowest BCUT2D eigenvalue weighted by Crippen LogP contribution is -2.41. The number of benzene rings is 1. The number of ether oxygens (including phenoxy) is 1. The van der Waals surface area contributed by atoms with Crippen molar-refractivity contribution in [3.8, 4) is 5.75 Å². The van der Waals surface area contributed by atoms with E-state index in [0.717, 1.165) is 17.3 Å². The van der Waals surface area contributed by atoms with Crippen LogP contribution in [0, 0.1) is 5.41 Å². The lowest BCUT2D eigenvalue weighted by atomic mass is 9.87.